The van der Waals surface area contributed by atoms with Gasteiger partial charge in [0, 0.05) is 0 Å². The molecule has 0 aromatic carbocycles. The largest absolute Gasteiger partial charge is 0.208 e. The summed E-state index contributed by atoms with van der Waals surface area (Å²) >= 11 is -4.66. The van der Waals surface area contributed by atoms with Gasteiger partial charge in [-0.3, -0.25) is 0 Å². The van der Waals surface area contributed by atoms with Gasteiger partial charge < -0.3 is 0 Å². The third kappa shape index (κ3) is 4.14. The van der Waals surface area contributed by atoms with Crippen LogP contribution in [-0.2, 0) is 0 Å². The lowest BCUT2D eigenvalue weighted by molar-refractivity contribution is 0.636. The predicted octanol–water partition coefficient (Wildman–Crippen LogP) is 2.46. The molecule has 0 heterocycles. The minimum atomic E-state index is -4.66. The zero-order valence-electron chi connectivity index (χ0n) is 3.25. The molecule has 0 bridgehead atoms. The van der Waals surface area contributed by atoms with Crippen LogP contribution >= 0.6 is 11.2 Å². The Hall–Kier alpha value is 0.140. The molecule has 0 atom stereocenters. The highest BCUT2D eigenvalue weighted by molar-refractivity contribution is 8.20. The maximum Gasteiger partial charge on any atom is 0.208 e. The Kier molecular flexibility index (Phi) is 1.77. The average molecular weight is 118 g/mol. The fraction of sp³-hybridized carbons (Fsp3) is 1.00. The summed E-state index contributed by atoms with van der Waals surface area (Å²) in [6, 6.07) is 0. The van der Waals surface area contributed by atoms with E-state index in [1.807, 2.05) is 0 Å². The monoisotopic (exact) mass is 118 g/mol. The second kappa shape index (κ2) is 1.73. The first-order valence-electron chi connectivity index (χ1n) is 1.46. The molecular weight excluding hydrogens is 113 g/mol. The summed E-state index contributed by atoms with van der Waals surface area (Å²) in [4.78, 5) is 0. The van der Waals surface area contributed by atoms with Gasteiger partial charge in [-0.1, -0.05) is 6.92 Å². The van der Waals surface area contributed by atoms with E-state index < -0.39 is 16.9 Å². The van der Waals surface area contributed by atoms with Crippen LogP contribution in [0.15, 0.2) is 0 Å². The molecule has 0 spiro atoms. The lowest BCUT2D eigenvalue weighted by Crippen LogP contribution is -1.74. The number of hydrogen-bond acceptors (Lipinski definition) is 0. The van der Waals surface area contributed by atoms with Gasteiger partial charge in [0.05, 0.1) is 5.75 Å². The van der Waals surface area contributed by atoms with Gasteiger partial charge in [-0.05, 0) is 0 Å². The number of rotatable bonds is 1. The molecule has 4 heteroatoms. The fourth-order valence-corrected chi connectivity index (χ4v) is 0. The second-order valence-corrected chi connectivity index (χ2v) is 2.37. The first-order valence-corrected chi connectivity index (χ1v) is 2.96. The van der Waals surface area contributed by atoms with E-state index in [-0.39, 0.29) is 0 Å². The molecule has 0 saturated heterocycles. The molecule has 0 aromatic rings. The van der Waals surface area contributed by atoms with Crippen LogP contribution in [0.25, 0.3) is 0 Å². The summed E-state index contributed by atoms with van der Waals surface area (Å²) in [5, 5.41) is 0. The van der Waals surface area contributed by atoms with Crippen LogP contribution in [0.3, 0.4) is 0 Å². The molecule has 0 unspecified atom stereocenters. The molecule has 0 aromatic heterocycles. The highest BCUT2D eigenvalue weighted by atomic mass is 32.3. The van der Waals surface area contributed by atoms with E-state index in [0.717, 1.165) is 6.92 Å². The quantitative estimate of drug-likeness (QED) is 0.496. The van der Waals surface area contributed by atoms with Crippen molar-refractivity contribution in [1.82, 2.24) is 0 Å². The Morgan fingerprint density at radius 1 is 1.33 bits per heavy atom. The van der Waals surface area contributed by atoms with Crippen LogP contribution in [0.2, 0.25) is 0 Å². The summed E-state index contributed by atoms with van der Waals surface area (Å²) in [5.74, 6) is -0.646. The Labute approximate surface area is 36.5 Å². The topological polar surface area (TPSA) is 0 Å². The minimum Gasteiger partial charge on any atom is -0.125 e. The molecule has 0 radical (unpaired) electrons. The summed E-state index contributed by atoms with van der Waals surface area (Å²) in [7, 11) is 0. The lowest BCUT2D eigenvalue weighted by atomic mass is 11.0. The van der Waals surface area contributed by atoms with E-state index in [9.17, 15) is 11.7 Å². The van der Waals surface area contributed by atoms with Crippen LogP contribution < -0.4 is 0 Å². The maximum absolute atomic E-state index is 10.9. The molecule has 0 nitrogen and oxygen atoms in total. The standard InChI is InChI=1S/C2H5F3S/c1-2-6(3,4)5/h2H2,1H3. The summed E-state index contributed by atoms with van der Waals surface area (Å²) in [6.45, 7) is 1.12. The van der Waals surface area contributed by atoms with Crippen molar-refractivity contribution in [3.05, 3.63) is 0 Å². The summed E-state index contributed by atoms with van der Waals surface area (Å²) in [6.07, 6.45) is 0. The zero-order chi connectivity index (χ0) is 5.21. The fourth-order valence-electron chi connectivity index (χ4n) is 0. The lowest BCUT2D eigenvalue weighted by Gasteiger charge is -2.02. The van der Waals surface area contributed by atoms with Crippen molar-refractivity contribution in [2.24, 2.45) is 0 Å². The Morgan fingerprint density at radius 3 is 1.50 bits per heavy atom. The Bertz CT molecular complexity index is 38.5. The van der Waals surface area contributed by atoms with E-state index in [1.165, 1.54) is 0 Å². The van der Waals surface area contributed by atoms with E-state index in [0.29, 0.717) is 0 Å². The van der Waals surface area contributed by atoms with Crippen molar-refractivity contribution >= 4 is 11.2 Å². The van der Waals surface area contributed by atoms with Gasteiger partial charge in [-0.15, -0.1) is 11.7 Å². The molecule has 40 valence electrons. The van der Waals surface area contributed by atoms with Crippen molar-refractivity contribution in [1.29, 1.82) is 0 Å². The first kappa shape index (κ1) is 6.14. The van der Waals surface area contributed by atoms with Crippen molar-refractivity contribution in [3.8, 4) is 0 Å². The molecule has 0 aliphatic carbocycles. The van der Waals surface area contributed by atoms with Gasteiger partial charge >= 0.3 is 0 Å². The van der Waals surface area contributed by atoms with Crippen molar-refractivity contribution < 1.29 is 11.7 Å². The summed E-state index contributed by atoms with van der Waals surface area (Å²) in [5.41, 5.74) is 0. The van der Waals surface area contributed by atoms with Gasteiger partial charge in [0.25, 0.3) is 0 Å². The van der Waals surface area contributed by atoms with Crippen molar-refractivity contribution in [2.45, 2.75) is 6.92 Å². The molecule has 0 aliphatic heterocycles. The zero-order valence-corrected chi connectivity index (χ0v) is 4.07. The van der Waals surface area contributed by atoms with Crippen LogP contribution in [0.4, 0.5) is 11.7 Å². The van der Waals surface area contributed by atoms with Crippen LogP contribution in [0.1, 0.15) is 6.92 Å². The normalized spacial score (nSPS) is 14.7. The molecule has 0 aliphatic rings. The smallest absolute Gasteiger partial charge is 0.125 e. The second-order valence-electron chi connectivity index (χ2n) is 0.791. The number of hydrogen-bond donors (Lipinski definition) is 0. The van der Waals surface area contributed by atoms with Gasteiger partial charge in [-0.2, -0.15) is 0 Å². The van der Waals surface area contributed by atoms with Gasteiger partial charge in [0.15, 0.2) is 0 Å². The van der Waals surface area contributed by atoms with Crippen LogP contribution in [0.5, 0.6) is 0 Å². The van der Waals surface area contributed by atoms with E-state index >= 15 is 0 Å². The van der Waals surface area contributed by atoms with Gasteiger partial charge in [0.1, 0.15) is 0 Å². The highest BCUT2D eigenvalue weighted by Gasteiger charge is 2.15. The molecule has 0 fully saturated rings. The minimum absolute atomic E-state index is 0.646. The molecular formula is C2H5F3S. The van der Waals surface area contributed by atoms with Gasteiger partial charge in [0.2, 0.25) is 11.2 Å². The van der Waals surface area contributed by atoms with Crippen molar-refractivity contribution in [2.75, 3.05) is 5.75 Å². The summed E-state index contributed by atoms with van der Waals surface area (Å²) < 4.78 is 32.6. The number of halogens is 3. The third-order valence-electron chi connectivity index (χ3n) is 0.327. The SMILES string of the molecule is CCS(F)(F)F. The molecule has 0 rings (SSSR count). The van der Waals surface area contributed by atoms with Crippen LogP contribution in [-0.4, -0.2) is 5.75 Å². The molecule has 0 N–H and O–H groups in total. The van der Waals surface area contributed by atoms with E-state index in [4.69, 9.17) is 0 Å². The predicted molar refractivity (Wildman–Crippen MR) is 21.5 cm³/mol. The van der Waals surface area contributed by atoms with E-state index in [2.05, 4.69) is 0 Å². The first-order chi connectivity index (χ1) is 2.56. The maximum atomic E-state index is 10.9. The molecule has 6 heavy (non-hydrogen) atoms. The molecule has 0 amide bonds. The Morgan fingerprint density at radius 2 is 1.50 bits per heavy atom. The third-order valence-corrected chi connectivity index (χ3v) is 0.982. The van der Waals surface area contributed by atoms with Crippen molar-refractivity contribution in [3.63, 3.8) is 0 Å². The van der Waals surface area contributed by atoms with Gasteiger partial charge in [-0.25, -0.2) is 0 Å². The average Bonchev–Trinajstić information content (AvgIpc) is 1.35. The highest BCUT2D eigenvalue weighted by Crippen LogP contribution is 2.52. The Balaban J connectivity index is 3.17. The van der Waals surface area contributed by atoms with Crippen LogP contribution in [0, 0.1) is 0 Å². The van der Waals surface area contributed by atoms with E-state index in [1.54, 1.807) is 0 Å². The molecule has 0 saturated carbocycles.